The molecule has 0 radical (unpaired) electrons. The van der Waals surface area contributed by atoms with Gasteiger partial charge < -0.3 is 5.32 Å². The van der Waals surface area contributed by atoms with Gasteiger partial charge >= 0.3 is 0 Å². The van der Waals surface area contributed by atoms with Crippen molar-refractivity contribution in [2.24, 2.45) is 0 Å². The van der Waals surface area contributed by atoms with Gasteiger partial charge in [0, 0.05) is 15.7 Å². The highest BCUT2D eigenvalue weighted by atomic mass is 79.9. The lowest BCUT2D eigenvalue weighted by Crippen LogP contribution is -2.16. The van der Waals surface area contributed by atoms with E-state index in [-0.39, 0.29) is 18.1 Å². The molecule has 4 heteroatoms. The second-order valence-corrected chi connectivity index (χ2v) is 4.94. The van der Waals surface area contributed by atoms with E-state index in [1.54, 1.807) is 36.4 Å². The molecule has 0 saturated carbocycles. The van der Waals surface area contributed by atoms with Crippen LogP contribution in [-0.4, -0.2) is 11.7 Å². The van der Waals surface area contributed by atoms with E-state index in [1.807, 2.05) is 18.2 Å². The van der Waals surface area contributed by atoms with E-state index in [1.165, 1.54) is 0 Å². The molecule has 0 heterocycles. The Morgan fingerprint density at radius 2 is 1.58 bits per heavy atom. The first-order valence-corrected chi connectivity index (χ1v) is 6.58. The number of carbonyl (C=O) groups excluding carboxylic acids is 2. The summed E-state index contributed by atoms with van der Waals surface area (Å²) in [6, 6.07) is 16.0. The van der Waals surface area contributed by atoms with Gasteiger partial charge in [-0.2, -0.15) is 0 Å². The molecule has 0 unspecified atom stereocenters. The molecule has 2 rings (SSSR count). The van der Waals surface area contributed by atoms with Crippen molar-refractivity contribution in [3.05, 3.63) is 64.6 Å². The van der Waals surface area contributed by atoms with Crippen LogP contribution in [0.4, 0.5) is 5.69 Å². The lowest BCUT2D eigenvalue weighted by Gasteiger charge is -2.04. The molecule has 3 nitrogen and oxygen atoms in total. The van der Waals surface area contributed by atoms with Crippen LogP contribution in [0.5, 0.6) is 0 Å². The molecule has 0 saturated heterocycles. The smallest absolute Gasteiger partial charge is 0.232 e. The first-order chi connectivity index (χ1) is 9.15. The van der Waals surface area contributed by atoms with Crippen LogP contribution in [0, 0.1) is 0 Å². The molecular formula is C15H12BrNO2. The molecule has 2 aromatic carbocycles. The van der Waals surface area contributed by atoms with Gasteiger partial charge in [0.15, 0.2) is 5.78 Å². The molecule has 1 N–H and O–H groups in total. The van der Waals surface area contributed by atoms with Crippen molar-refractivity contribution in [3.63, 3.8) is 0 Å². The zero-order valence-corrected chi connectivity index (χ0v) is 11.7. The van der Waals surface area contributed by atoms with Crippen molar-refractivity contribution in [2.75, 3.05) is 5.32 Å². The topological polar surface area (TPSA) is 46.2 Å². The summed E-state index contributed by atoms with van der Waals surface area (Å²) >= 11 is 3.30. The number of rotatable bonds is 4. The van der Waals surface area contributed by atoms with Gasteiger partial charge in [0.05, 0.1) is 6.42 Å². The molecule has 0 atom stereocenters. The number of amides is 1. The molecular weight excluding hydrogens is 306 g/mol. The summed E-state index contributed by atoms with van der Waals surface area (Å²) in [6.07, 6.45) is -0.156. The number of hydrogen-bond donors (Lipinski definition) is 1. The van der Waals surface area contributed by atoms with Crippen molar-refractivity contribution >= 4 is 33.3 Å². The molecule has 2 aromatic rings. The minimum atomic E-state index is -0.306. The lowest BCUT2D eigenvalue weighted by atomic mass is 10.1. The van der Waals surface area contributed by atoms with Gasteiger partial charge in [-0.1, -0.05) is 46.3 Å². The second-order valence-electron chi connectivity index (χ2n) is 4.02. The van der Waals surface area contributed by atoms with Crippen LogP contribution >= 0.6 is 15.9 Å². The maximum atomic E-state index is 11.9. The van der Waals surface area contributed by atoms with Gasteiger partial charge in [-0.15, -0.1) is 0 Å². The quantitative estimate of drug-likeness (QED) is 0.691. The summed E-state index contributed by atoms with van der Waals surface area (Å²) in [5.74, 6) is -0.500. The minimum absolute atomic E-state index is 0.156. The van der Waals surface area contributed by atoms with Crippen LogP contribution in [0.1, 0.15) is 16.8 Å². The first-order valence-electron chi connectivity index (χ1n) is 5.79. The Morgan fingerprint density at radius 1 is 0.947 bits per heavy atom. The predicted molar refractivity (Wildman–Crippen MR) is 78.2 cm³/mol. The summed E-state index contributed by atoms with van der Waals surface area (Å²) in [7, 11) is 0. The fourth-order valence-electron chi connectivity index (χ4n) is 1.61. The second kappa shape index (κ2) is 6.29. The van der Waals surface area contributed by atoms with Crippen LogP contribution in [0.2, 0.25) is 0 Å². The van der Waals surface area contributed by atoms with E-state index in [0.717, 1.165) is 4.47 Å². The molecule has 1 amide bonds. The van der Waals surface area contributed by atoms with E-state index in [4.69, 9.17) is 0 Å². The highest BCUT2D eigenvalue weighted by Gasteiger charge is 2.11. The van der Waals surface area contributed by atoms with Crippen LogP contribution in [0.15, 0.2) is 59.1 Å². The molecule has 0 fully saturated rings. The Bertz CT molecular complexity index is 579. The third kappa shape index (κ3) is 4.03. The Kier molecular flexibility index (Phi) is 4.47. The molecule has 0 aliphatic rings. The average Bonchev–Trinajstić information content (AvgIpc) is 2.40. The Hall–Kier alpha value is -1.94. The van der Waals surface area contributed by atoms with Crippen molar-refractivity contribution in [1.82, 2.24) is 0 Å². The number of nitrogens with one attached hydrogen (secondary N) is 1. The number of Topliss-reactive ketones (excluding diaryl/α,β-unsaturated/α-hetero) is 1. The number of halogens is 1. The van der Waals surface area contributed by atoms with Crippen LogP contribution in [-0.2, 0) is 4.79 Å². The number of benzene rings is 2. The molecule has 0 aliphatic carbocycles. The van der Waals surface area contributed by atoms with Crippen molar-refractivity contribution in [2.45, 2.75) is 6.42 Å². The van der Waals surface area contributed by atoms with E-state index < -0.39 is 0 Å². The fourth-order valence-corrected chi connectivity index (χ4v) is 1.87. The SMILES string of the molecule is O=C(CC(=O)c1ccc(Br)cc1)Nc1ccccc1. The van der Waals surface area contributed by atoms with Gasteiger partial charge in [-0.25, -0.2) is 0 Å². The monoisotopic (exact) mass is 317 g/mol. The van der Waals surface area contributed by atoms with Crippen molar-refractivity contribution in [1.29, 1.82) is 0 Å². The molecule has 0 aliphatic heterocycles. The lowest BCUT2D eigenvalue weighted by molar-refractivity contribution is -0.115. The zero-order valence-electron chi connectivity index (χ0n) is 10.1. The Balaban J connectivity index is 1.95. The predicted octanol–water partition coefficient (Wildman–Crippen LogP) is 3.66. The van der Waals surface area contributed by atoms with Crippen LogP contribution in [0.3, 0.4) is 0 Å². The number of ketones is 1. The van der Waals surface area contributed by atoms with E-state index in [9.17, 15) is 9.59 Å². The summed E-state index contributed by atoms with van der Waals surface area (Å²) in [4.78, 5) is 23.6. The summed E-state index contributed by atoms with van der Waals surface area (Å²) in [6.45, 7) is 0. The molecule has 0 spiro atoms. The molecule has 19 heavy (non-hydrogen) atoms. The minimum Gasteiger partial charge on any atom is -0.326 e. The third-order valence-corrected chi connectivity index (χ3v) is 3.07. The molecule has 96 valence electrons. The Labute approximate surface area is 119 Å². The van der Waals surface area contributed by atoms with Crippen molar-refractivity contribution < 1.29 is 9.59 Å². The zero-order chi connectivity index (χ0) is 13.7. The third-order valence-electron chi connectivity index (χ3n) is 2.54. The highest BCUT2D eigenvalue weighted by Crippen LogP contribution is 2.12. The maximum Gasteiger partial charge on any atom is 0.232 e. The van der Waals surface area contributed by atoms with Crippen LogP contribution < -0.4 is 5.32 Å². The van der Waals surface area contributed by atoms with Crippen LogP contribution in [0.25, 0.3) is 0 Å². The summed E-state index contributed by atoms with van der Waals surface area (Å²) < 4.78 is 0.901. The van der Waals surface area contributed by atoms with Gasteiger partial charge in [0.1, 0.15) is 0 Å². The van der Waals surface area contributed by atoms with Gasteiger partial charge in [0.2, 0.25) is 5.91 Å². The summed E-state index contributed by atoms with van der Waals surface area (Å²) in [5.41, 5.74) is 1.22. The summed E-state index contributed by atoms with van der Waals surface area (Å²) in [5, 5.41) is 2.68. The van der Waals surface area contributed by atoms with Crippen molar-refractivity contribution in [3.8, 4) is 0 Å². The number of para-hydroxylation sites is 1. The Morgan fingerprint density at radius 3 is 2.21 bits per heavy atom. The van der Waals surface area contributed by atoms with Gasteiger partial charge in [-0.05, 0) is 24.3 Å². The number of hydrogen-bond acceptors (Lipinski definition) is 2. The molecule has 0 aromatic heterocycles. The standard InChI is InChI=1S/C15H12BrNO2/c16-12-8-6-11(7-9-12)14(18)10-15(19)17-13-4-2-1-3-5-13/h1-9H,10H2,(H,17,19). The van der Waals surface area contributed by atoms with E-state index in [0.29, 0.717) is 11.3 Å². The number of anilines is 1. The number of carbonyl (C=O) groups is 2. The van der Waals surface area contributed by atoms with Gasteiger partial charge in [0.25, 0.3) is 0 Å². The normalized spacial score (nSPS) is 9.95. The largest absolute Gasteiger partial charge is 0.326 e. The first kappa shape index (κ1) is 13.5. The highest BCUT2D eigenvalue weighted by molar-refractivity contribution is 9.10. The fraction of sp³-hybridized carbons (Fsp3) is 0.0667. The maximum absolute atomic E-state index is 11.9. The average molecular weight is 318 g/mol. The van der Waals surface area contributed by atoms with E-state index in [2.05, 4.69) is 21.2 Å². The molecule has 0 bridgehead atoms. The van der Waals surface area contributed by atoms with Gasteiger partial charge in [-0.3, -0.25) is 9.59 Å². The van der Waals surface area contributed by atoms with E-state index >= 15 is 0 Å².